The molecule has 1 aliphatic heterocycles. The lowest BCUT2D eigenvalue weighted by Gasteiger charge is -2.17. The average molecular weight is 458 g/mol. The van der Waals surface area contributed by atoms with Gasteiger partial charge in [-0.25, -0.2) is 13.7 Å². The van der Waals surface area contributed by atoms with E-state index in [-0.39, 0.29) is 17.1 Å². The molecule has 0 saturated carbocycles. The second-order valence-electron chi connectivity index (χ2n) is 6.14. The summed E-state index contributed by atoms with van der Waals surface area (Å²) in [4.78, 5) is 44.8. The molecule has 0 radical (unpaired) electrons. The number of hydrogen-bond acceptors (Lipinski definition) is 10. The van der Waals surface area contributed by atoms with Crippen molar-refractivity contribution < 1.29 is 52.2 Å². The Kier molecular flexibility index (Phi) is 5.70. The third-order valence-corrected chi connectivity index (χ3v) is 6.16. The third-order valence-electron chi connectivity index (χ3n) is 4.01. The van der Waals surface area contributed by atoms with Crippen molar-refractivity contribution in [3.63, 3.8) is 0 Å². The zero-order valence-electron chi connectivity index (χ0n) is 14.6. The molecular weight excluding hydrogens is 440 g/mol. The Balaban J connectivity index is 1.84. The maximum atomic E-state index is 12.1. The van der Waals surface area contributed by atoms with Crippen LogP contribution in [0.4, 0.5) is 5.95 Å². The van der Waals surface area contributed by atoms with Crippen LogP contribution in [0.2, 0.25) is 0 Å². The summed E-state index contributed by atoms with van der Waals surface area (Å²) in [6.45, 7) is -0.857. The van der Waals surface area contributed by atoms with Crippen LogP contribution in [-0.4, -0.2) is 64.3 Å². The summed E-state index contributed by atoms with van der Waals surface area (Å²) in [5, 5.41) is 20.5. The monoisotopic (exact) mass is 458 g/mol. The number of aliphatic hydroxyl groups is 2. The Morgan fingerprint density at radius 3 is 2.62 bits per heavy atom. The molecule has 2 unspecified atom stereocenters. The molecule has 0 aliphatic carbocycles. The van der Waals surface area contributed by atoms with Gasteiger partial charge in [0.15, 0.2) is 6.33 Å². The van der Waals surface area contributed by atoms with Crippen molar-refractivity contribution in [3.05, 3.63) is 16.7 Å². The van der Waals surface area contributed by atoms with E-state index in [4.69, 9.17) is 20.3 Å². The van der Waals surface area contributed by atoms with Crippen LogP contribution < -0.4 is 15.9 Å². The summed E-state index contributed by atoms with van der Waals surface area (Å²) in [6.07, 6.45) is -4.54. The Morgan fingerprint density at radius 2 is 2.00 bits per heavy atom. The lowest BCUT2D eigenvalue weighted by molar-refractivity contribution is -0.745. The first-order chi connectivity index (χ1) is 13.3. The molecule has 2 aromatic rings. The van der Waals surface area contributed by atoms with Crippen molar-refractivity contribution in [1.82, 2.24) is 14.5 Å². The minimum atomic E-state index is -5.32. The van der Waals surface area contributed by atoms with Crippen LogP contribution in [0.15, 0.2) is 11.1 Å². The van der Waals surface area contributed by atoms with E-state index in [0.29, 0.717) is 0 Å². The third kappa shape index (κ3) is 4.57. The fourth-order valence-electron chi connectivity index (χ4n) is 2.88. The maximum Gasteiger partial charge on any atom is 0.481 e. The topological polar surface area (TPSA) is 244 Å². The van der Waals surface area contributed by atoms with Gasteiger partial charge in [0.2, 0.25) is 11.7 Å². The first-order valence-corrected chi connectivity index (χ1v) is 10.8. The summed E-state index contributed by atoms with van der Waals surface area (Å²) in [7, 11) is -8.97. The van der Waals surface area contributed by atoms with Crippen molar-refractivity contribution in [2.45, 2.75) is 24.5 Å². The second-order valence-corrected chi connectivity index (χ2v) is 8.97. The highest BCUT2D eigenvalue weighted by atomic mass is 31.3. The van der Waals surface area contributed by atoms with E-state index in [9.17, 15) is 29.0 Å². The molecule has 1 saturated heterocycles. The van der Waals surface area contributed by atoms with Gasteiger partial charge in [-0.2, -0.15) is 4.31 Å². The number of phosphoric acid groups is 2. The molecule has 3 heterocycles. The van der Waals surface area contributed by atoms with Crippen LogP contribution in [0.5, 0.6) is 0 Å². The fourth-order valence-corrected chi connectivity index (χ4v) is 4.48. The fraction of sp³-hybridized carbons (Fsp3) is 0.545. The molecule has 16 nitrogen and oxygen atoms in total. The Hall–Kier alpha value is -1.71. The number of aryl methyl sites for hydroxylation is 1. The van der Waals surface area contributed by atoms with Gasteiger partial charge in [0, 0.05) is 0 Å². The van der Waals surface area contributed by atoms with Gasteiger partial charge in [0.1, 0.15) is 18.3 Å². The number of fused-ring (bicyclic) bond motifs is 1. The normalized spacial score (nSPS) is 27.4. The molecule has 5 atom stereocenters. The van der Waals surface area contributed by atoms with Crippen molar-refractivity contribution in [3.8, 4) is 0 Å². The van der Waals surface area contributed by atoms with Gasteiger partial charge in [-0.1, -0.05) is 4.98 Å². The summed E-state index contributed by atoms with van der Waals surface area (Å²) >= 11 is 0. The molecule has 0 bridgehead atoms. The second kappa shape index (κ2) is 7.52. The molecular formula is C11H18N5O11P2+. The predicted molar refractivity (Wildman–Crippen MR) is 90.8 cm³/mol. The Bertz CT molecular complexity index is 1080. The molecule has 8 N–H and O–H groups in total. The first-order valence-electron chi connectivity index (χ1n) is 7.81. The number of ether oxygens (including phenoxy) is 1. The highest BCUT2D eigenvalue weighted by Crippen LogP contribution is 2.57. The van der Waals surface area contributed by atoms with Crippen LogP contribution in [0.25, 0.3) is 11.2 Å². The van der Waals surface area contributed by atoms with Gasteiger partial charge in [0.25, 0.3) is 11.5 Å². The summed E-state index contributed by atoms with van der Waals surface area (Å²) in [6, 6.07) is 0. The van der Waals surface area contributed by atoms with E-state index >= 15 is 0 Å². The number of nitrogens with one attached hydrogen (secondary N) is 1. The highest BCUT2D eigenvalue weighted by molar-refractivity contribution is 7.60. The van der Waals surface area contributed by atoms with Crippen LogP contribution in [0.3, 0.4) is 0 Å². The molecule has 0 spiro atoms. The number of aromatic amines is 1. The maximum absolute atomic E-state index is 12.1. The number of H-pyrrole nitrogens is 1. The number of nitrogen functional groups attached to an aromatic ring is 1. The molecule has 0 amide bonds. The number of nitrogens with two attached hydrogens (primary N) is 1. The van der Waals surface area contributed by atoms with Crippen molar-refractivity contribution in [2.24, 2.45) is 7.05 Å². The van der Waals surface area contributed by atoms with Gasteiger partial charge in [-0.05, 0) is 0 Å². The van der Waals surface area contributed by atoms with E-state index in [0.717, 1.165) is 0 Å². The number of aliphatic hydroxyl groups excluding tert-OH is 2. The van der Waals surface area contributed by atoms with E-state index in [1.807, 2.05) is 0 Å². The smallest absolute Gasteiger partial charge is 0.387 e. The molecule has 29 heavy (non-hydrogen) atoms. The van der Waals surface area contributed by atoms with Gasteiger partial charge in [-0.3, -0.25) is 18.9 Å². The van der Waals surface area contributed by atoms with E-state index in [1.54, 1.807) is 0 Å². The lowest BCUT2D eigenvalue weighted by Crippen LogP contribution is -2.46. The summed E-state index contributed by atoms with van der Waals surface area (Å²) in [5.74, 6) is -0.203. The first kappa shape index (κ1) is 22.0. The standard InChI is InChI=1S/C11H17N5O11P2/c1-15-3-16(8-5(15)9(19)14-11(12)13-8)10-7(18)6(17)4(26-10)2-25-29(23,24)27-28(20,21)22/h3-4,6-7,10,17-18H,2H2,1H3,(H5-,12,13,14,19,20,21,22,23,24)/p+1/t4-,6?,7+,10-/m1/s1. The Labute approximate surface area is 160 Å². The van der Waals surface area contributed by atoms with Crippen molar-refractivity contribution >= 4 is 32.8 Å². The molecule has 162 valence electrons. The predicted octanol–water partition coefficient (Wildman–Crippen LogP) is -3.02. The number of hydrogen-bond donors (Lipinski definition) is 7. The Morgan fingerprint density at radius 1 is 1.34 bits per heavy atom. The summed E-state index contributed by atoms with van der Waals surface area (Å²) < 4.78 is 38.3. The van der Waals surface area contributed by atoms with Crippen LogP contribution in [-0.2, 0) is 29.7 Å². The van der Waals surface area contributed by atoms with Gasteiger partial charge in [-0.15, -0.1) is 0 Å². The zero-order chi connectivity index (χ0) is 21.7. The van der Waals surface area contributed by atoms with Gasteiger partial charge >= 0.3 is 21.3 Å². The average Bonchev–Trinajstić information content (AvgIpc) is 3.01. The minimum absolute atomic E-state index is 0.0317. The number of anilines is 1. The zero-order valence-corrected chi connectivity index (χ0v) is 16.4. The van der Waals surface area contributed by atoms with Crippen LogP contribution in [0, 0.1) is 0 Å². The van der Waals surface area contributed by atoms with Gasteiger partial charge in [0.05, 0.1) is 13.7 Å². The van der Waals surface area contributed by atoms with Crippen molar-refractivity contribution in [1.29, 1.82) is 0 Å². The number of phosphoric ester groups is 1. The number of nitrogens with zero attached hydrogens (tertiary/aromatic N) is 3. The number of rotatable bonds is 6. The SMILES string of the molecule is Cn1c[n+]([C@@H]2O[C@H](COP(=O)(O)OP(=O)(O)O)C(O)[C@@H]2O)c2nc(N)[nH]c(=O)c21. The van der Waals surface area contributed by atoms with Crippen LogP contribution in [0.1, 0.15) is 6.23 Å². The number of aromatic nitrogens is 4. The molecule has 3 rings (SSSR count). The molecule has 2 aromatic heterocycles. The molecule has 18 heteroatoms. The van der Waals surface area contributed by atoms with E-state index in [2.05, 4.69) is 18.8 Å². The molecule has 1 aliphatic rings. The largest absolute Gasteiger partial charge is 0.481 e. The van der Waals surface area contributed by atoms with E-state index < -0.39 is 52.4 Å². The summed E-state index contributed by atoms with van der Waals surface area (Å²) in [5.41, 5.74) is 5.11. The quantitative estimate of drug-likeness (QED) is 0.168. The van der Waals surface area contributed by atoms with E-state index in [1.165, 1.54) is 22.5 Å². The lowest BCUT2D eigenvalue weighted by atomic mass is 10.1. The highest BCUT2D eigenvalue weighted by Gasteiger charge is 2.48. The van der Waals surface area contributed by atoms with Gasteiger partial charge < -0.3 is 35.4 Å². The molecule has 1 fully saturated rings. The van der Waals surface area contributed by atoms with Crippen LogP contribution >= 0.6 is 15.6 Å². The van der Waals surface area contributed by atoms with Crippen molar-refractivity contribution in [2.75, 3.05) is 12.3 Å². The molecule has 0 aromatic carbocycles. The number of imidazole rings is 1. The minimum Gasteiger partial charge on any atom is -0.387 e.